The predicted octanol–water partition coefficient (Wildman–Crippen LogP) is 1.56. The van der Waals surface area contributed by atoms with Gasteiger partial charge in [0.25, 0.3) is 0 Å². The number of hydrogen-bond acceptors (Lipinski definition) is 2. The van der Waals surface area contributed by atoms with Crippen LogP contribution in [0, 0.1) is 0 Å². The molecule has 0 atom stereocenters. The fourth-order valence-electron chi connectivity index (χ4n) is 0.687. The molecule has 0 radical (unpaired) electrons. The van der Waals surface area contributed by atoms with Crippen LogP contribution >= 0.6 is 24.0 Å². The molecule has 1 N–H and O–H groups in total. The molecule has 0 unspecified atom stereocenters. The van der Waals surface area contributed by atoms with E-state index in [4.69, 9.17) is 12.2 Å². The van der Waals surface area contributed by atoms with Gasteiger partial charge in [-0.3, -0.25) is 0 Å². The molecule has 0 spiro atoms. The van der Waals surface area contributed by atoms with Gasteiger partial charge in [0, 0.05) is 25.4 Å². The molecule has 0 fully saturated rings. The van der Waals surface area contributed by atoms with E-state index in [1.54, 1.807) is 0 Å². The number of rotatable bonds is 4. The smallest absolute Gasteiger partial charge is 0.168 e. The van der Waals surface area contributed by atoms with E-state index in [9.17, 15) is 0 Å². The maximum Gasteiger partial charge on any atom is 0.168 e. The summed E-state index contributed by atoms with van der Waals surface area (Å²) in [6.45, 7) is 5.20. The van der Waals surface area contributed by atoms with E-state index < -0.39 is 0 Å². The summed E-state index contributed by atoms with van der Waals surface area (Å²) in [7, 11) is 2.02. The van der Waals surface area contributed by atoms with Gasteiger partial charge in [0.2, 0.25) is 0 Å². The molecule has 12 heavy (non-hydrogen) atoms. The Morgan fingerprint density at radius 1 is 1.58 bits per heavy atom. The van der Waals surface area contributed by atoms with Crippen LogP contribution in [0.2, 0.25) is 0 Å². The van der Waals surface area contributed by atoms with E-state index in [2.05, 4.69) is 30.3 Å². The molecule has 0 rings (SSSR count). The Balaban J connectivity index is 3.61. The monoisotopic (exact) mass is 206 g/mol. The van der Waals surface area contributed by atoms with Crippen LogP contribution in [0.4, 0.5) is 0 Å². The molecule has 0 aliphatic rings. The second-order valence-corrected chi connectivity index (χ2v) is 4.39. The van der Waals surface area contributed by atoms with Crippen LogP contribution in [0.25, 0.3) is 0 Å². The summed E-state index contributed by atoms with van der Waals surface area (Å²) in [5, 5.41) is 4.05. The Bertz CT molecular complexity index is 137. The molecule has 0 amide bonds. The largest absolute Gasteiger partial charge is 0.360 e. The van der Waals surface area contributed by atoms with Crippen molar-refractivity contribution in [3.8, 4) is 0 Å². The maximum absolute atomic E-state index is 5.17. The van der Waals surface area contributed by atoms with E-state index in [1.165, 1.54) is 0 Å². The Kier molecular flexibility index (Phi) is 6.57. The average molecular weight is 206 g/mol. The zero-order valence-corrected chi connectivity index (χ0v) is 9.89. The first-order valence-corrected chi connectivity index (χ1v) is 5.88. The van der Waals surface area contributed by atoms with Crippen molar-refractivity contribution in [2.45, 2.75) is 19.9 Å². The van der Waals surface area contributed by atoms with Gasteiger partial charge in [0.1, 0.15) is 0 Å². The molecule has 0 aliphatic heterocycles. The highest BCUT2D eigenvalue weighted by Gasteiger charge is 2.03. The summed E-state index contributed by atoms with van der Waals surface area (Å²) in [4.78, 5) is 2.08. The Morgan fingerprint density at radius 2 is 2.17 bits per heavy atom. The first kappa shape index (κ1) is 12.0. The molecule has 0 heterocycles. The molecule has 2 nitrogen and oxygen atoms in total. The van der Waals surface area contributed by atoms with E-state index in [1.807, 2.05) is 18.8 Å². The van der Waals surface area contributed by atoms with Gasteiger partial charge in [-0.15, -0.1) is 0 Å². The molecule has 0 saturated carbocycles. The Labute approximate surface area is 85.1 Å². The zero-order valence-electron chi connectivity index (χ0n) is 8.26. The standard InChI is InChI=1S/C8H18N2S2/c1-7(2)9-8(11)10(3)5-6-12-4/h7H,5-6H2,1-4H3,(H,9,11). The quantitative estimate of drug-likeness (QED) is 0.702. The molecule has 4 heteroatoms. The molecule has 0 aromatic rings. The summed E-state index contributed by atoms with van der Waals surface area (Å²) in [5.74, 6) is 1.12. The van der Waals surface area contributed by atoms with Gasteiger partial charge in [0.05, 0.1) is 0 Å². The van der Waals surface area contributed by atoms with Gasteiger partial charge < -0.3 is 10.2 Å². The summed E-state index contributed by atoms with van der Waals surface area (Å²) in [6, 6.07) is 0.425. The number of nitrogens with one attached hydrogen (secondary N) is 1. The molecule has 0 aromatic carbocycles. The van der Waals surface area contributed by atoms with Crippen molar-refractivity contribution in [1.82, 2.24) is 10.2 Å². The molecule has 0 aliphatic carbocycles. The molecule has 0 saturated heterocycles. The normalized spacial score (nSPS) is 10.1. The van der Waals surface area contributed by atoms with Gasteiger partial charge >= 0.3 is 0 Å². The van der Waals surface area contributed by atoms with Crippen molar-refractivity contribution in [2.24, 2.45) is 0 Å². The van der Waals surface area contributed by atoms with Crippen molar-refractivity contribution in [3.05, 3.63) is 0 Å². The van der Waals surface area contributed by atoms with Crippen LogP contribution in [0.5, 0.6) is 0 Å². The number of thioether (sulfide) groups is 1. The van der Waals surface area contributed by atoms with Gasteiger partial charge in [-0.25, -0.2) is 0 Å². The lowest BCUT2D eigenvalue weighted by Gasteiger charge is -2.22. The average Bonchev–Trinajstić information content (AvgIpc) is 1.98. The molecular weight excluding hydrogens is 188 g/mol. The number of thiocarbonyl (C=S) groups is 1. The molecule has 0 aromatic heterocycles. The minimum Gasteiger partial charge on any atom is -0.360 e. The molecular formula is C8H18N2S2. The maximum atomic E-state index is 5.17. The summed E-state index contributed by atoms with van der Waals surface area (Å²) < 4.78 is 0. The summed E-state index contributed by atoms with van der Waals surface area (Å²) >= 11 is 7.01. The minimum atomic E-state index is 0.425. The minimum absolute atomic E-state index is 0.425. The molecule has 0 bridgehead atoms. The van der Waals surface area contributed by atoms with Crippen LogP contribution in [-0.4, -0.2) is 41.7 Å². The second-order valence-electron chi connectivity index (χ2n) is 3.02. The van der Waals surface area contributed by atoms with E-state index >= 15 is 0 Å². The second kappa shape index (κ2) is 6.54. The van der Waals surface area contributed by atoms with Gasteiger partial charge in [-0.2, -0.15) is 11.8 Å². The first-order valence-electron chi connectivity index (χ1n) is 4.08. The van der Waals surface area contributed by atoms with Gasteiger partial charge in [-0.1, -0.05) is 0 Å². The lowest BCUT2D eigenvalue weighted by molar-refractivity contribution is 0.515. The zero-order chi connectivity index (χ0) is 9.56. The Hall–Kier alpha value is 0.0400. The fourth-order valence-corrected chi connectivity index (χ4v) is 1.47. The van der Waals surface area contributed by atoms with Crippen LogP contribution < -0.4 is 5.32 Å². The van der Waals surface area contributed by atoms with Crippen molar-refractivity contribution in [1.29, 1.82) is 0 Å². The van der Waals surface area contributed by atoms with E-state index in [0.29, 0.717) is 6.04 Å². The third kappa shape index (κ3) is 5.66. The highest BCUT2D eigenvalue weighted by Crippen LogP contribution is 1.94. The van der Waals surface area contributed by atoms with Crippen molar-refractivity contribution >= 4 is 29.1 Å². The van der Waals surface area contributed by atoms with Gasteiger partial charge in [-0.05, 0) is 32.3 Å². The van der Waals surface area contributed by atoms with Crippen LogP contribution in [0.3, 0.4) is 0 Å². The van der Waals surface area contributed by atoms with Crippen molar-refractivity contribution in [2.75, 3.05) is 25.6 Å². The fraction of sp³-hybridized carbons (Fsp3) is 0.875. The van der Waals surface area contributed by atoms with Crippen LogP contribution in [-0.2, 0) is 0 Å². The third-order valence-corrected chi connectivity index (χ3v) is 2.41. The van der Waals surface area contributed by atoms with E-state index in [0.717, 1.165) is 17.4 Å². The van der Waals surface area contributed by atoms with E-state index in [-0.39, 0.29) is 0 Å². The summed E-state index contributed by atoms with van der Waals surface area (Å²) in [6.07, 6.45) is 2.10. The number of hydrogen-bond donors (Lipinski definition) is 1. The first-order chi connectivity index (χ1) is 5.57. The highest BCUT2D eigenvalue weighted by molar-refractivity contribution is 7.98. The Morgan fingerprint density at radius 3 is 2.58 bits per heavy atom. The lowest BCUT2D eigenvalue weighted by Crippen LogP contribution is -2.41. The number of nitrogens with zero attached hydrogens (tertiary/aromatic N) is 1. The third-order valence-electron chi connectivity index (χ3n) is 1.39. The van der Waals surface area contributed by atoms with Crippen LogP contribution in [0.1, 0.15) is 13.8 Å². The summed E-state index contributed by atoms with van der Waals surface area (Å²) in [5.41, 5.74) is 0. The molecule has 72 valence electrons. The topological polar surface area (TPSA) is 15.3 Å². The SMILES string of the molecule is CSCCN(C)C(=S)NC(C)C. The lowest BCUT2D eigenvalue weighted by atomic mass is 10.4. The highest BCUT2D eigenvalue weighted by atomic mass is 32.2. The van der Waals surface area contributed by atoms with Gasteiger partial charge in [0.15, 0.2) is 5.11 Å². The van der Waals surface area contributed by atoms with Crippen LogP contribution in [0.15, 0.2) is 0 Å². The van der Waals surface area contributed by atoms with Crippen molar-refractivity contribution in [3.63, 3.8) is 0 Å². The van der Waals surface area contributed by atoms with Crippen molar-refractivity contribution < 1.29 is 0 Å². The predicted molar refractivity (Wildman–Crippen MR) is 61.9 cm³/mol.